The fraction of sp³-hybridized carbons (Fsp3) is 0.471. The Hall–Kier alpha value is -1.39. The van der Waals surface area contributed by atoms with Crippen LogP contribution in [0.2, 0.25) is 0 Å². The molecule has 3 nitrogen and oxygen atoms in total. The van der Waals surface area contributed by atoms with Crippen molar-refractivity contribution in [1.29, 1.82) is 0 Å². The van der Waals surface area contributed by atoms with E-state index in [9.17, 15) is 0 Å². The Kier molecular flexibility index (Phi) is 3.54. The third kappa shape index (κ3) is 3.11. The fourth-order valence-corrected chi connectivity index (χ4v) is 3.73. The van der Waals surface area contributed by atoms with Crippen molar-refractivity contribution in [3.8, 4) is 10.6 Å². The Morgan fingerprint density at radius 2 is 2.10 bits per heavy atom. The minimum absolute atomic E-state index is 0.0753. The summed E-state index contributed by atoms with van der Waals surface area (Å²) in [6.45, 7) is 8.62. The van der Waals surface area contributed by atoms with Gasteiger partial charge in [0.1, 0.15) is 5.01 Å². The zero-order chi connectivity index (χ0) is 15.1. The van der Waals surface area contributed by atoms with Gasteiger partial charge in [-0.25, -0.2) is 4.98 Å². The van der Waals surface area contributed by atoms with E-state index in [2.05, 4.69) is 62.3 Å². The molecule has 2 aromatic rings. The number of nitrogens with one attached hydrogen (secondary N) is 1. The average Bonchev–Trinajstić information content (AvgIpc) is 2.96. The minimum atomic E-state index is -0.166. The molecule has 0 amide bonds. The monoisotopic (exact) mass is 302 g/mol. The molecule has 1 aliphatic heterocycles. The second-order valence-electron chi connectivity index (χ2n) is 6.78. The molecular weight excluding hydrogens is 280 g/mol. The maximum atomic E-state index is 6.15. The van der Waals surface area contributed by atoms with E-state index in [1.54, 1.807) is 11.3 Å². The van der Waals surface area contributed by atoms with Crippen LogP contribution < -0.4 is 5.32 Å². The van der Waals surface area contributed by atoms with Crippen LogP contribution in [0.3, 0.4) is 0 Å². The summed E-state index contributed by atoms with van der Waals surface area (Å²) in [7, 11) is 0. The molecule has 1 atom stereocenters. The molecule has 1 fully saturated rings. The minimum Gasteiger partial charge on any atom is -0.379 e. The highest BCUT2D eigenvalue weighted by Crippen LogP contribution is 2.39. The van der Waals surface area contributed by atoms with E-state index in [0.717, 1.165) is 22.7 Å². The van der Waals surface area contributed by atoms with Gasteiger partial charge < -0.3 is 10.1 Å². The third-order valence-corrected chi connectivity index (χ3v) is 4.78. The van der Waals surface area contributed by atoms with Gasteiger partial charge in [0, 0.05) is 22.8 Å². The lowest BCUT2D eigenvalue weighted by atomic mass is 9.94. The number of ether oxygens (including phenoxy) is 1. The van der Waals surface area contributed by atoms with E-state index in [-0.39, 0.29) is 11.2 Å². The van der Waals surface area contributed by atoms with Gasteiger partial charge in [0.25, 0.3) is 0 Å². The van der Waals surface area contributed by atoms with Crippen LogP contribution in [0.1, 0.15) is 34.1 Å². The van der Waals surface area contributed by atoms with Crippen molar-refractivity contribution >= 4 is 17.0 Å². The van der Waals surface area contributed by atoms with Gasteiger partial charge in [-0.15, -0.1) is 11.3 Å². The molecule has 1 unspecified atom stereocenters. The highest BCUT2D eigenvalue weighted by atomic mass is 32.1. The fourth-order valence-electron chi connectivity index (χ4n) is 3.10. The van der Waals surface area contributed by atoms with Gasteiger partial charge in [-0.05, 0) is 46.2 Å². The molecule has 0 aliphatic carbocycles. The maximum Gasteiger partial charge on any atom is 0.123 e. The molecule has 4 heteroatoms. The van der Waals surface area contributed by atoms with Crippen LogP contribution in [0, 0.1) is 0 Å². The number of nitrogens with zero attached hydrogens (tertiary/aromatic N) is 1. The van der Waals surface area contributed by atoms with Gasteiger partial charge >= 0.3 is 0 Å². The van der Waals surface area contributed by atoms with E-state index in [1.165, 1.54) is 0 Å². The van der Waals surface area contributed by atoms with Crippen LogP contribution in [-0.2, 0) is 4.74 Å². The average molecular weight is 302 g/mol. The lowest BCUT2D eigenvalue weighted by molar-refractivity contribution is -0.0662. The zero-order valence-corrected chi connectivity index (χ0v) is 13.8. The molecule has 2 heterocycles. The van der Waals surface area contributed by atoms with Crippen molar-refractivity contribution in [3.05, 3.63) is 35.8 Å². The van der Waals surface area contributed by atoms with Gasteiger partial charge in [0.15, 0.2) is 0 Å². The lowest BCUT2D eigenvalue weighted by Gasteiger charge is -2.28. The largest absolute Gasteiger partial charge is 0.379 e. The molecule has 112 valence electrons. The van der Waals surface area contributed by atoms with E-state index < -0.39 is 0 Å². The van der Waals surface area contributed by atoms with E-state index >= 15 is 0 Å². The van der Waals surface area contributed by atoms with E-state index in [4.69, 9.17) is 4.74 Å². The number of aromatic nitrogens is 1. The van der Waals surface area contributed by atoms with Crippen LogP contribution in [0.15, 0.2) is 35.8 Å². The van der Waals surface area contributed by atoms with Crippen molar-refractivity contribution in [3.63, 3.8) is 0 Å². The Bertz CT molecular complexity index is 619. The molecule has 0 saturated carbocycles. The van der Waals surface area contributed by atoms with Crippen LogP contribution in [0.4, 0.5) is 5.69 Å². The van der Waals surface area contributed by atoms with Gasteiger partial charge in [-0.3, -0.25) is 0 Å². The molecule has 21 heavy (non-hydrogen) atoms. The number of thiazole rings is 1. The summed E-state index contributed by atoms with van der Waals surface area (Å²) in [5, 5.41) is 6.70. The quantitative estimate of drug-likeness (QED) is 0.902. The summed E-state index contributed by atoms with van der Waals surface area (Å²) < 4.78 is 6.15. The predicted octanol–water partition coefficient (Wildman–Crippen LogP) is 4.57. The topological polar surface area (TPSA) is 34.2 Å². The smallest absolute Gasteiger partial charge is 0.123 e. The molecule has 0 radical (unpaired) electrons. The highest BCUT2D eigenvalue weighted by Gasteiger charge is 2.45. The second kappa shape index (κ2) is 5.11. The predicted molar refractivity (Wildman–Crippen MR) is 88.8 cm³/mol. The summed E-state index contributed by atoms with van der Waals surface area (Å²) >= 11 is 1.66. The van der Waals surface area contributed by atoms with Crippen LogP contribution in [0.25, 0.3) is 10.6 Å². The Morgan fingerprint density at radius 1 is 1.29 bits per heavy atom. The first-order chi connectivity index (χ1) is 9.86. The molecule has 0 bridgehead atoms. The molecular formula is C17H22N2OS. The number of benzene rings is 1. The number of rotatable bonds is 3. The van der Waals surface area contributed by atoms with Crippen LogP contribution >= 0.6 is 11.3 Å². The summed E-state index contributed by atoms with van der Waals surface area (Å²) in [4.78, 5) is 4.38. The van der Waals surface area contributed by atoms with Crippen molar-refractivity contribution in [2.24, 2.45) is 0 Å². The van der Waals surface area contributed by atoms with Crippen molar-refractivity contribution in [1.82, 2.24) is 4.98 Å². The molecule has 1 aliphatic rings. The summed E-state index contributed by atoms with van der Waals surface area (Å²) in [5.41, 5.74) is 2.04. The SMILES string of the molecule is CC1(C)CC(Nc2cccc(-c3nccs3)c2)C(C)(C)O1. The Balaban J connectivity index is 1.81. The molecule has 1 aromatic carbocycles. The first-order valence-corrected chi connectivity index (χ1v) is 8.20. The van der Waals surface area contributed by atoms with Crippen LogP contribution in [0.5, 0.6) is 0 Å². The molecule has 1 N–H and O–H groups in total. The zero-order valence-electron chi connectivity index (χ0n) is 13.0. The molecule has 0 spiro atoms. The van der Waals surface area contributed by atoms with Gasteiger partial charge in [0.05, 0.1) is 17.2 Å². The lowest BCUT2D eigenvalue weighted by Crippen LogP contribution is -2.38. The second-order valence-corrected chi connectivity index (χ2v) is 7.68. The van der Waals surface area contributed by atoms with Crippen LogP contribution in [-0.4, -0.2) is 22.2 Å². The Labute approximate surface area is 130 Å². The molecule has 1 saturated heterocycles. The molecule has 1 aromatic heterocycles. The third-order valence-electron chi connectivity index (χ3n) is 3.96. The van der Waals surface area contributed by atoms with Gasteiger partial charge in [-0.2, -0.15) is 0 Å². The summed E-state index contributed by atoms with van der Waals surface area (Å²) in [6, 6.07) is 8.76. The standard InChI is InChI=1S/C17H22N2OS/c1-16(2)11-14(17(3,4)20-16)19-13-7-5-6-12(10-13)15-18-8-9-21-15/h5-10,14,19H,11H2,1-4H3. The summed E-state index contributed by atoms with van der Waals surface area (Å²) in [6.07, 6.45) is 2.85. The first kappa shape index (κ1) is 14.5. The number of anilines is 1. The Morgan fingerprint density at radius 3 is 2.71 bits per heavy atom. The van der Waals surface area contributed by atoms with E-state index in [0.29, 0.717) is 6.04 Å². The van der Waals surface area contributed by atoms with Crippen molar-refractivity contribution in [2.45, 2.75) is 51.4 Å². The highest BCUT2D eigenvalue weighted by molar-refractivity contribution is 7.13. The normalized spacial score (nSPS) is 23.1. The molecule has 3 rings (SSSR count). The van der Waals surface area contributed by atoms with Crippen molar-refractivity contribution < 1.29 is 4.74 Å². The summed E-state index contributed by atoms with van der Waals surface area (Å²) in [5.74, 6) is 0. The van der Waals surface area contributed by atoms with Crippen molar-refractivity contribution in [2.75, 3.05) is 5.32 Å². The van der Waals surface area contributed by atoms with Gasteiger partial charge in [0.2, 0.25) is 0 Å². The maximum absolute atomic E-state index is 6.15. The van der Waals surface area contributed by atoms with Gasteiger partial charge in [-0.1, -0.05) is 12.1 Å². The first-order valence-electron chi connectivity index (χ1n) is 7.32. The number of hydrogen-bond acceptors (Lipinski definition) is 4. The van der Waals surface area contributed by atoms with E-state index in [1.807, 2.05) is 11.6 Å². The number of hydrogen-bond donors (Lipinski definition) is 1.